The lowest BCUT2D eigenvalue weighted by Gasteiger charge is -2.11. The summed E-state index contributed by atoms with van der Waals surface area (Å²) >= 11 is 0. The van der Waals surface area contributed by atoms with E-state index in [1.54, 1.807) is 24.3 Å². The Bertz CT molecular complexity index is 355. The lowest BCUT2D eigenvalue weighted by molar-refractivity contribution is -0.155. The molecule has 0 heterocycles. The van der Waals surface area contributed by atoms with Gasteiger partial charge in [0.05, 0.1) is 6.42 Å². The Labute approximate surface area is 94.2 Å². The largest absolute Gasteiger partial charge is 0.349 e. The highest BCUT2D eigenvalue weighted by atomic mass is 16.7. The maximum absolute atomic E-state index is 11.7. The van der Waals surface area contributed by atoms with Gasteiger partial charge in [0.25, 0.3) is 0 Å². The van der Waals surface area contributed by atoms with E-state index in [1.807, 2.05) is 6.07 Å². The summed E-state index contributed by atoms with van der Waals surface area (Å²) in [6, 6.07) is 8.66. The third kappa shape index (κ3) is 3.25. The van der Waals surface area contributed by atoms with Crippen LogP contribution in [-0.2, 0) is 14.3 Å². The molecule has 0 bridgehead atoms. The van der Waals surface area contributed by atoms with Crippen LogP contribution in [0.25, 0.3) is 0 Å². The number of hydrogen-bond acceptors (Lipinski definition) is 4. The number of Topliss-reactive ketones (excluding diaryl/α,β-unsaturated/α-hetero) is 2. The molecule has 4 heteroatoms. The van der Waals surface area contributed by atoms with E-state index in [0.29, 0.717) is 5.56 Å². The van der Waals surface area contributed by atoms with Gasteiger partial charge < -0.3 is 9.47 Å². The Morgan fingerprint density at radius 1 is 1.12 bits per heavy atom. The summed E-state index contributed by atoms with van der Waals surface area (Å²) in [4.78, 5) is 23.2. The van der Waals surface area contributed by atoms with Crippen LogP contribution in [0.2, 0.25) is 0 Å². The molecule has 0 atom stereocenters. The standard InChI is InChI=1S/C12H14O4/c1-15-12(16-2)11(14)8-10(13)9-6-4-3-5-7-9/h3-7,12H,8H2,1-2H3. The molecule has 0 saturated carbocycles. The van der Waals surface area contributed by atoms with Crippen molar-refractivity contribution < 1.29 is 19.1 Å². The molecule has 0 aliphatic carbocycles. The molecule has 0 fully saturated rings. The van der Waals surface area contributed by atoms with E-state index < -0.39 is 6.29 Å². The van der Waals surface area contributed by atoms with Crippen LogP contribution >= 0.6 is 0 Å². The first-order chi connectivity index (χ1) is 7.69. The van der Waals surface area contributed by atoms with Crippen LogP contribution in [0, 0.1) is 0 Å². The van der Waals surface area contributed by atoms with Crippen LogP contribution in [0.3, 0.4) is 0 Å². The molecule has 1 aromatic rings. The molecule has 0 aliphatic heterocycles. The lowest BCUT2D eigenvalue weighted by Crippen LogP contribution is -2.26. The van der Waals surface area contributed by atoms with Gasteiger partial charge in [0.2, 0.25) is 6.29 Å². The van der Waals surface area contributed by atoms with Crippen molar-refractivity contribution >= 4 is 11.6 Å². The molecule has 4 nitrogen and oxygen atoms in total. The molecular formula is C12H14O4. The lowest BCUT2D eigenvalue weighted by atomic mass is 10.1. The third-order valence-electron chi connectivity index (χ3n) is 2.12. The average Bonchev–Trinajstić information content (AvgIpc) is 2.31. The second-order valence-electron chi connectivity index (χ2n) is 3.24. The number of methoxy groups -OCH3 is 2. The van der Waals surface area contributed by atoms with E-state index in [2.05, 4.69) is 0 Å². The quantitative estimate of drug-likeness (QED) is 0.415. The zero-order valence-electron chi connectivity index (χ0n) is 9.30. The van der Waals surface area contributed by atoms with Gasteiger partial charge in [-0.05, 0) is 0 Å². The Kier molecular flexibility index (Phi) is 4.82. The van der Waals surface area contributed by atoms with Crippen LogP contribution in [0.5, 0.6) is 0 Å². The van der Waals surface area contributed by atoms with E-state index in [4.69, 9.17) is 9.47 Å². The fraction of sp³-hybridized carbons (Fsp3) is 0.333. The Morgan fingerprint density at radius 2 is 1.69 bits per heavy atom. The van der Waals surface area contributed by atoms with E-state index in [1.165, 1.54) is 14.2 Å². The Balaban J connectivity index is 2.62. The van der Waals surface area contributed by atoms with Gasteiger partial charge in [0.15, 0.2) is 11.6 Å². The fourth-order valence-electron chi connectivity index (χ4n) is 1.33. The van der Waals surface area contributed by atoms with Gasteiger partial charge in [-0.3, -0.25) is 9.59 Å². The molecule has 0 aromatic heterocycles. The van der Waals surface area contributed by atoms with Gasteiger partial charge in [-0.25, -0.2) is 0 Å². The molecule has 0 aliphatic rings. The zero-order chi connectivity index (χ0) is 12.0. The molecule has 0 radical (unpaired) electrons. The zero-order valence-corrected chi connectivity index (χ0v) is 9.30. The molecule has 0 amide bonds. The van der Waals surface area contributed by atoms with Crippen LogP contribution < -0.4 is 0 Å². The summed E-state index contributed by atoms with van der Waals surface area (Å²) in [5.74, 6) is -0.608. The van der Waals surface area contributed by atoms with Crippen LogP contribution in [0.1, 0.15) is 16.8 Å². The van der Waals surface area contributed by atoms with Crippen molar-refractivity contribution in [1.29, 1.82) is 0 Å². The minimum atomic E-state index is -0.965. The van der Waals surface area contributed by atoms with E-state index in [0.717, 1.165) is 0 Å². The van der Waals surface area contributed by atoms with Gasteiger partial charge in [0.1, 0.15) is 0 Å². The molecule has 16 heavy (non-hydrogen) atoms. The Morgan fingerprint density at radius 3 is 2.19 bits per heavy atom. The topological polar surface area (TPSA) is 52.6 Å². The van der Waals surface area contributed by atoms with Crippen molar-refractivity contribution in [3.8, 4) is 0 Å². The SMILES string of the molecule is COC(OC)C(=O)CC(=O)c1ccccc1. The number of benzene rings is 1. The average molecular weight is 222 g/mol. The molecule has 0 saturated heterocycles. The summed E-state index contributed by atoms with van der Waals surface area (Å²) < 4.78 is 9.55. The van der Waals surface area contributed by atoms with Crippen molar-refractivity contribution in [2.45, 2.75) is 12.7 Å². The molecule has 0 unspecified atom stereocenters. The minimum absolute atomic E-state index is 0.212. The van der Waals surface area contributed by atoms with Gasteiger partial charge in [-0.1, -0.05) is 30.3 Å². The second kappa shape index (κ2) is 6.15. The molecular weight excluding hydrogens is 208 g/mol. The maximum atomic E-state index is 11.7. The van der Waals surface area contributed by atoms with Gasteiger partial charge in [-0.15, -0.1) is 0 Å². The number of carbonyl (C=O) groups is 2. The third-order valence-corrected chi connectivity index (χ3v) is 2.12. The normalized spacial score (nSPS) is 10.4. The highest BCUT2D eigenvalue weighted by molar-refractivity contribution is 6.08. The van der Waals surface area contributed by atoms with E-state index >= 15 is 0 Å². The smallest absolute Gasteiger partial charge is 0.217 e. The summed E-state index contributed by atoms with van der Waals surface area (Å²) in [7, 11) is 2.72. The van der Waals surface area contributed by atoms with Crippen LogP contribution in [-0.4, -0.2) is 32.1 Å². The van der Waals surface area contributed by atoms with Crippen molar-refractivity contribution in [2.24, 2.45) is 0 Å². The molecule has 1 aromatic carbocycles. The number of hydrogen-bond donors (Lipinski definition) is 0. The summed E-state index contributed by atoms with van der Waals surface area (Å²) in [5, 5.41) is 0. The first-order valence-corrected chi connectivity index (χ1v) is 4.85. The number of ketones is 2. The summed E-state index contributed by atoms with van der Waals surface area (Å²) in [5.41, 5.74) is 0.516. The number of rotatable bonds is 6. The molecule has 86 valence electrons. The van der Waals surface area contributed by atoms with Gasteiger partial charge >= 0.3 is 0 Å². The summed E-state index contributed by atoms with van der Waals surface area (Å²) in [6.07, 6.45) is -1.18. The fourth-order valence-corrected chi connectivity index (χ4v) is 1.33. The first-order valence-electron chi connectivity index (χ1n) is 4.85. The van der Waals surface area contributed by atoms with Crippen molar-refractivity contribution in [1.82, 2.24) is 0 Å². The minimum Gasteiger partial charge on any atom is -0.349 e. The van der Waals surface area contributed by atoms with Crippen molar-refractivity contribution in [2.75, 3.05) is 14.2 Å². The second-order valence-corrected chi connectivity index (χ2v) is 3.24. The van der Waals surface area contributed by atoms with Gasteiger partial charge in [0, 0.05) is 19.8 Å². The van der Waals surface area contributed by atoms with Crippen LogP contribution in [0.15, 0.2) is 30.3 Å². The molecule has 0 spiro atoms. The van der Waals surface area contributed by atoms with Crippen molar-refractivity contribution in [3.63, 3.8) is 0 Å². The van der Waals surface area contributed by atoms with E-state index in [-0.39, 0.29) is 18.0 Å². The predicted molar refractivity (Wildman–Crippen MR) is 58.2 cm³/mol. The molecule has 1 rings (SSSR count). The highest BCUT2D eigenvalue weighted by Crippen LogP contribution is 2.06. The Hall–Kier alpha value is -1.52. The molecule has 0 N–H and O–H groups in total. The maximum Gasteiger partial charge on any atom is 0.217 e. The number of ether oxygens (including phenoxy) is 2. The van der Waals surface area contributed by atoms with Gasteiger partial charge in [-0.2, -0.15) is 0 Å². The van der Waals surface area contributed by atoms with E-state index in [9.17, 15) is 9.59 Å². The number of carbonyl (C=O) groups excluding carboxylic acids is 2. The predicted octanol–water partition coefficient (Wildman–Crippen LogP) is 1.45. The van der Waals surface area contributed by atoms with Crippen LogP contribution in [0.4, 0.5) is 0 Å². The summed E-state index contributed by atoms with van der Waals surface area (Å²) in [6.45, 7) is 0. The highest BCUT2D eigenvalue weighted by Gasteiger charge is 2.20. The first kappa shape index (κ1) is 12.5. The van der Waals surface area contributed by atoms with Crippen molar-refractivity contribution in [3.05, 3.63) is 35.9 Å². The monoisotopic (exact) mass is 222 g/mol.